The van der Waals surface area contributed by atoms with E-state index >= 15 is 0 Å². The largest absolute Gasteiger partial charge is 0.289 e. The minimum absolute atomic E-state index is 0.222. The molecule has 0 aromatic rings. The summed E-state index contributed by atoms with van der Waals surface area (Å²) in [4.78, 5) is 2.42. The summed E-state index contributed by atoms with van der Waals surface area (Å²) in [6, 6.07) is 0.776. The Labute approximate surface area is 57.4 Å². The molecule has 0 amide bonds. The molecular weight excluding hydrogens is 110 g/mol. The molecule has 52 valence electrons. The third-order valence-electron chi connectivity index (χ3n) is 2.10. The van der Waals surface area contributed by atoms with Gasteiger partial charge >= 0.3 is 0 Å². The van der Waals surface area contributed by atoms with E-state index in [1.807, 2.05) is 6.08 Å². The highest BCUT2D eigenvalue weighted by Crippen LogP contribution is 2.28. The van der Waals surface area contributed by atoms with E-state index in [1.165, 1.54) is 6.54 Å². The van der Waals surface area contributed by atoms with Gasteiger partial charge in [0.05, 0.1) is 0 Å². The zero-order valence-electron chi connectivity index (χ0n) is 6.52. The highest BCUT2D eigenvalue weighted by atomic mass is 15.3. The van der Waals surface area contributed by atoms with Crippen molar-refractivity contribution in [2.45, 2.75) is 32.4 Å². The first kappa shape index (κ1) is 6.81. The summed E-state index contributed by atoms with van der Waals surface area (Å²) in [7, 11) is 0. The van der Waals surface area contributed by atoms with Crippen LogP contribution < -0.4 is 0 Å². The minimum Gasteiger partial charge on any atom is -0.289 e. The Morgan fingerprint density at radius 1 is 1.67 bits per heavy atom. The Bertz CT molecular complexity index is 127. The molecule has 1 heteroatoms. The maximum atomic E-state index is 3.79. The molecule has 1 heterocycles. The highest BCUT2D eigenvalue weighted by Gasteiger charge is 2.39. The fourth-order valence-corrected chi connectivity index (χ4v) is 1.16. The Morgan fingerprint density at radius 3 is 2.22 bits per heavy atom. The van der Waals surface area contributed by atoms with Gasteiger partial charge in [0.25, 0.3) is 0 Å². The molecule has 9 heavy (non-hydrogen) atoms. The van der Waals surface area contributed by atoms with Gasteiger partial charge in [0.15, 0.2) is 0 Å². The molecule has 0 spiro atoms. The maximum Gasteiger partial charge on any atom is 0.0336 e. The van der Waals surface area contributed by atoms with E-state index in [2.05, 4.69) is 32.3 Å². The number of hydrogen-bond acceptors (Lipinski definition) is 1. The van der Waals surface area contributed by atoms with E-state index < -0.39 is 0 Å². The van der Waals surface area contributed by atoms with Gasteiger partial charge in [-0.1, -0.05) is 6.08 Å². The van der Waals surface area contributed by atoms with Crippen molar-refractivity contribution in [2.75, 3.05) is 6.54 Å². The van der Waals surface area contributed by atoms with Crippen LogP contribution in [0, 0.1) is 0 Å². The van der Waals surface area contributed by atoms with E-state index in [-0.39, 0.29) is 5.54 Å². The number of nitrogens with zero attached hydrogens (tertiary/aromatic N) is 1. The molecule has 1 aliphatic heterocycles. The fraction of sp³-hybridized carbons (Fsp3) is 0.750. The lowest BCUT2D eigenvalue weighted by Gasteiger charge is -2.21. The van der Waals surface area contributed by atoms with Gasteiger partial charge in [-0.25, -0.2) is 0 Å². The second-order valence-electron chi connectivity index (χ2n) is 3.36. The van der Waals surface area contributed by atoms with Crippen LogP contribution in [0.2, 0.25) is 0 Å². The van der Waals surface area contributed by atoms with Crippen LogP contribution in [-0.4, -0.2) is 23.0 Å². The third kappa shape index (κ3) is 1.16. The van der Waals surface area contributed by atoms with Gasteiger partial charge in [0, 0.05) is 18.1 Å². The quantitative estimate of drug-likeness (QED) is 0.400. The van der Waals surface area contributed by atoms with Crippen LogP contribution in [0.25, 0.3) is 0 Å². The third-order valence-corrected chi connectivity index (χ3v) is 2.10. The van der Waals surface area contributed by atoms with Gasteiger partial charge in [0.1, 0.15) is 0 Å². The smallest absolute Gasteiger partial charge is 0.0336 e. The average molecular weight is 125 g/mol. The monoisotopic (exact) mass is 125 g/mol. The van der Waals surface area contributed by atoms with Gasteiger partial charge in [-0.3, -0.25) is 4.90 Å². The Morgan fingerprint density at radius 2 is 2.11 bits per heavy atom. The van der Waals surface area contributed by atoms with E-state index in [0.29, 0.717) is 0 Å². The second-order valence-corrected chi connectivity index (χ2v) is 3.36. The minimum atomic E-state index is 0.222. The van der Waals surface area contributed by atoms with E-state index in [1.54, 1.807) is 0 Å². The predicted octanol–water partition coefficient (Wildman–Crippen LogP) is 1.66. The SMILES string of the molecule is C=CC(C)(C)N1CC1C. The molecule has 0 bridgehead atoms. The second kappa shape index (κ2) is 1.84. The number of rotatable bonds is 2. The molecule has 0 radical (unpaired) electrons. The molecule has 1 aliphatic rings. The highest BCUT2D eigenvalue weighted by molar-refractivity contribution is 5.06. The van der Waals surface area contributed by atoms with Crippen LogP contribution in [0.4, 0.5) is 0 Å². The molecule has 1 rings (SSSR count). The summed E-state index contributed by atoms with van der Waals surface area (Å²) in [5, 5.41) is 0. The van der Waals surface area contributed by atoms with Crippen molar-refractivity contribution in [2.24, 2.45) is 0 Å². The zero-order valence-corrected chi connectivity index (χ0v) is 6.52. The van der Waals surface area contributed by atoms with E-state index in [9.17, 15) is 0 Å². The molecule has 2 atom stereocenters. The van der Waals surface area contributed by atoms with Gasteiger partial charge in [-0.2, -0.15) is 0 Å². The van der Waals surface area contributed by atoms with Crippen molar-refractivity contribution in [1.82, 2.24) is 4.90 Å². The van der Waals surface area contributed by atoms with Crippen LogP contribution in [0.5, 0.6) is 0 Å². The summed E-state index contributed by atoms with van der Waals surface area (Å²) in [5.74, 6) is 0. The molecule has 0 aromatic heterocycles. The molecule has 0 N–H and O–H groups in total. The molecule has 1 nitrogen and oxygen atoms in total. The first-order valence-electron chi connectivity index (χ1n) is 3.48. The van der Waals surface area contributed by atoms with Crippen molar-refractivity contribution in [3.05, 3.63) is 12.7 Å². The van der Waals surface area contributed by atoms with Crippen LogP contribution in [0.1, 0.15) is 20.8 Å². The Hall–Kier alpha value is -0.300. The summed E-state index contributed by atoms with van der Waals surface area (Å²) in [5.41, 5.74) is 0.222. The maximum absolute atomic E-state index is 3.79. The van der Waals surface area contributed by atoms with Crippen molar-refractivity contribution in [1.29, 1.82) is 0 Å². The van der Waals surface area contributed by atoms with E-state index in [0.717, 1.165) is 6.04 Å². The molecule has 2 unspecified atom stereocenters. The summed E-state index contributed by atoms with van der Waals surface area (Å²) >= 11 is 0. The van der Waals surface area contributed by atoms with Gasteiger partial charge in [-0.15, -0.1) is 6.58 Å². The van der Waals surface area contributed by atoms with Crippen molar-refractivity contribution < 1.29 is 0 Å². The van der Waals surface area contributed by atoms with Gasteiger partial charge < -0.3 is 0 Å². The van der Waals surface area contributed by atoms with Crippen LogP contribution in [0.3, 0.4) is 0 Å². The summed E-state index contributed by atoms with van der Waals surface area (Å²) in [6.07, 6.45) is 2.01. The topological polar surface area (TPSA) is 3.01 Å². The van der Waals surface area contributed by atoms with Crippen molar-refractivity contribution >= 4 is 0 Å². The summed E-state index contributed by atoms with van der Waals surface area (Å²) in [6.45, 7) is 11.7. The lowest BCUT2D eigenvalue weighted by molar-refractivity contribution is 0.332. The molecule has 0 saturated carbocycles. The van der Waals surface area contributed by atoms with Crippen molar-refractivity contribution in [3.8, 4) is 0 Å². The number of hydrogen-bond donors (Lipinski definition) is 0. The average Bonchev–Trinajstić information content (AvgIpc) is 2.47. The molecule has 1 saturated heterocycles. The van der Waals surface area contributed by atoms with Crippen LogP contribution in [0.15, 0.2) is 12.7 Å². The Kier molecular flexibility index (Phi) is 1.39. The zero-order chi connectivity index (χ0) is 7.07. The lowest BCUT2D eigenvalue weighted by atomic mass is 10.1. The van der Waals surface area contributed by atoms with Crippen LogP contribution >= 0.6 is 0 Å². The molecular formula is C8H15N. The van der Waals surface area contributed by atoms with Gasteiger partial charge in [0.2, 0.25) is 0 Å². The molecule has 0 aliphatic carbocycles. The predicted molar refractivity (Wildman–Crippen MR) is 40.4 cm³/mol. The first-order valence-corrected chi connectivity index (χ1v) is 3.48. The Balaban J connectivity index is 2.51. The normalized spacial score (nSPS) is 34.1. The first-order chi connectivity index (χ1) is 4.08. The standard InChI is InChI=1S/C8H15N/c1-5-8(3,4)9-6-7(9)2/h5,7H,1,6H2,2-4H3. The van der Waals surface area contributed by atoms with Gasteiger partial charge in [-0.05, 0) is 20.8 Å². The lowest BCUT2D eigenvalue weighted by Crippen LogP contribution is -2.28. The van der Waals surface area contributed by atoms with E-state index in [4.69, 9.17) is 0 Å². The van der Waals surface area contributed by atoms with Crippen molar-refractivity contribution in [3.63, 3.8) is 0 Å². The fourth-order valence-electron chi connectivity index (χ4n) is 1.16. The van der Waals surface area contributed by atoms with Crippen LogP contribution in [-0.2, 0) is 0 Å². The molecule has 0 aromatic carbocycles. The molecule has 1 fully saturated rings. The summed E-state index contributed by atoms with van der Waals surface area (Å²) < 4.78 is 0.